The number of nitrogens with zero attached hydrogens (tertiary/aromatic N) is 1. The maximum absolute atomic E-state index is 12.3. The van der Waals surface area contributed by atoms with E-state index in [2.05, 4.69) is 4.74 Å². The van der Waals surface area contributed by atoms with Gasteiger partial charge in [0.25, 0.3) is 5.91 Å². The van der Waals surface area contributed by atoms with Crippen molar-refractivity contribution in [2.75, 3.05) is 14.1 Å². The third-order valence-electron chi connectivity index (χ3n) is 3.66. The Bertz CT molecular complexity index is 849. The molecule has 28 heavy (non-hydrogen) atoms. The first-order valence-electron chi connectivity index (χ1n) is 8.27. The van der Waals surface area contributed by atoms with Gasteiger partial charge >= 0.3 is 17.9 Å². The molecule has 2 unspecified atom stereocenters. The molecule has 2 atom stereocenters. The third kappa shape index (κ3) is 5.24. The van der Waals surface area contributed by atoms with Crippen molar-refractivity contribution in [3.05, 3.63) is 71.8 Å². The molecule has 8 nitrogen and oxygen atoms in total. The smallest absolute Gasteiger partial charge is 0.347 e. The monoisotopic (exact) mass is 385 g/mol. The summed E-state index contributed by atoms with van der Waals surface area (Å²) in [6.45, 7) is 0. The number of likely N-dealkylation sites (N-methyl/N-ethyl adjacent to an activating group) is 1. The number of hydrogen-bond acceptors (Lipinski definition) is 7. The van der Waals surface area contributed by atoms with Crippen molar-refractivity contribution in [1.82, 2.24) is 4.90 Å². The lowest BCUT2D eigenvalue weighted by Gasteiger charge is -2.23. The molecule has 0 aliphatic rings. The number of rotatable bonds is 6. The molecule has 2 rings (SSSR count). The molecular formula is C20H19NO7. The van der Waals surface area contributed by atoms with Gasteiger partial charge in [-0.3, -0.25) is 4.79 Å². The van der Waals surface area contributed by atoms with Crippen LogP contribution >= 0.6 is 0 Å². The summed E-state index contributed by atoms with van der Waals surface area (Å²) in [6.07, 6.45) is -4.06. The number of carbonyl (C=O) groups excluding carboxylic acids is 4. The second-order valence-corrected chi connectivity index (χ2v) is 5.94. The van der Waals surface area contributed by atoms with Crippen molar-refractivity contribution in [2.24, 2.45) is 0 Å². The van der Waals surface area contributed by atoms with E-state index in [0.717, 1.165) is 4.90 Å². The average Bonchev–Trinajstić information content (AvgIpc) is 2.71. The Labute approximate surface area is 161 Å². The Balaban J connectivity index is 2.15. The van der Waals surface area contributed by atoms with Crippen LogP contribution in [-0.2, 0) is 19.1 Å². The number of ether oxygens (including phenoxy) is 2. The van der Waals surface area contributed by atoms with Crippen LogP contribution in [0.1, 0.15) is 20.7 Å². The predicted molar refractivity (Wildman–Crippen MR) is 97.2 cm³/mol. The number of carbonyl (C=O) groups is 4. The molecule has 2 aromatic carbocycles. The fraction of sp³-hybridized carbons (Fsp3) is 0.200. The zero-order valence-electron chi connectivity index (χ0n) is 15.3. The van der Waals surface area contributed by atoms with Gasteiger partial charge < -0.3 is 19.5 Å². The zero-order chi connectivity index (χ0) is 20.7. The molecule has 0 spiro atoms. The standard InChI is InChI=1S/C20H19NO7/c1-21(2)17(23)16(27-18(24)13-9-5-3-6-10-13)15(22)20(26)28-19(25)14-11-7-4-8-12-14/h3-12,15-16,22H,1-2H3. The summed E-state index contributed by atoms with van der Waals surface area (Å²) >= 11 is 0. The first kappa shape index (κ1) is 20.8. The first-order valence-corrected chi connectivity index (χ1v) is 8.27. The van der Waals surface area contributed by atoms with Gasteiger partial charge in [0.05, 0.1) is 11.1 Å². The van der Waals surface area contributed by atoms with E-state index in [0.29, 0.717) is 0 Å². The number of amides is 1. The molecule has 146 valence electrons. The molecule has 0 radical (unpaired) electrons. The Morgan fingerprint density at radius 3 is 1.75 bits per heavy atom. The van der Waals surface area contributed by atoms with E-state index in [1.807, 2.05) is 0 Å². The molecule has 0 aliphatic carbocycles. The number of esters is 3. The lowest BCUT2D eigenvalue weighted by molar-refractivity contribution is -0.162. The van der Waals surface area contributed by atoms with Crippen LogP contribution in [0, 0.1) is 0 Å². The number of aliphatic hydroxyl groups excluding tert-OH is 1. The summed E-state index contributed by atoms with van der Waals surface area (Å²) in [7, 11) is 2.72. The number of aliphatic hydroxyl groups is 1. The van der Waals surface area contributed by atoms with Crippen LogP contribution in [0.15, 0.2) is 60.7 Å². The highest BCUT2D eigenvalue weighted by atomic mass is 16.6. The van der Waals surface area contributed by atoms with Crippen LogP contribution in [0.25, 0.3) is 0 Å². The molecular weight excluding hydrogens is 366 g/mol. The van der Waals surface area contributed by atoms with Gasteiger partial charge in [0.2, 0.25) is 6.10 Å². The lowest BCUT2D eigenvalue weighted by atomic mass is 10.1. The fourth-order valence-electron chi connectivity index (χ4n) is 2.17. The highest BCUT2D eigenvalue weighted by Gasteiger charge is 2.39. The molecule has 8 heteroatoms. The van der Waals surface area contributed by atoms with E-state index < -0.39 is 36.0 Å². The highest BCUT2D eigenvalue weighted by molar-refractivity contribution is 6.00. The SMILES string of the molecule is CN(C)C(=O)C(OC(=O)c1ccccc1)C(O)C(=O)OC(=O)c1ccccc1. The van der Waals surface area contributed by atoms with Crippen LogP contribution in [0.3, 0.4) is 0 Å². The molecule has 0 saturated heterocycles. The molecule has 0 heterocycles. The predicted octanol–water partition coefficient (Wildman–Crippen LogP) is 1.04. The number of benzene rings is 2. The van der Waals surface area contributed by atoms with Gasteiger partial charge in [0, 0.05) is 14.1 Å². The van der Waals surface area contributed by atoms with Crippen LogP contribution in [-0.4, -0.2) is 60.1 Å². The molecule has 0 saturated carbocycles. The van der Waals surface area contributed by atoms with E-state index in [9.17, 15) is 24.3 Å². The Morgan fingerprint density at radius 2 is 1.29 bits per heavy atom. The van der Waals surface area contributed by atoms with Crippen molar-refractivity contribution in [3.8, 4) is 0 Å². The second kappa shape index (κ2) is 9.43. The Hall–Kier alpha value is -3.52. The van der Waals surface area contributed by atoms with Crippen LogP contribution in [0.5, 0.6) is 0 Å². The van der Waals surface area contributed by atoms with Crippen LogP contribution in [0.4, 0.5) is 0 Å². The molecule has 2 aromatic rings. The minimum Gasteiger partial charge on any atom is -0.445 e. The quantitative estimate of drug-likeness (QED) is 0.584. The third-order valence-corrected chi connectivity index (χ3v) is 3.66. The van der Waals surface area contributed by atoms with Crippen LogP contribution in [0.2, 0.25) is 0 Å². The first-order chi connectivity index (χ1) is 13.3. The van der Waals surface area contributed by atoms with E-state index >= 15 is 0 Å². The Kier molecular flexibility index (Phi) is 7.00. The van der Waals surface area contributed by atoms with Gasteiger partial charge in [-0.1, -0.05) is 36.4 Å². The summed E-state index contributed by atoms with van der Waals surface area (Å²) in [4.78, 5) is 49.7. The maximum atomic E-state index is 12.3. The van der Waals surface area contributed by atoms with Crippen molar-refractivity contribution in [2.45, 2.75) is 12.2 Å². The van der Waals surface area contributed by atoms with Gasteiger partial charge in [-0.15, -0.1) is 0 Å². The Morgan fingerprint density at radius 1 is 0.821 bits per heavy atom. The van der Waals surface area contributed by atoms with Crippen molar-refractivity contribution < 1.29 is 33.8 Å². The summed E-state index contributed by atoms with van der Waals surface area (Å²) < 4.78 is 9.64. The second-order valence-electron chi connectivity index (χ2n) is 5.94. The average molecular weight is 385 g/mol. The fourth-order valence-corrected chi connectivity index (χ4v) is 2.17. The summed E-state index contributed by atoms with van der Waals surface area (Å²) in [6, 6.07) is 15.4. The van der Waals surface area contributed by atoms with Crippen molar-refractivity contribution in [1.29, 1.82) is 0 Å². The maximum Gasteiger partial charge on any atom is 0.347 e. The van der Waals surface area contributed by atoms with Gasteiger partial charge in [-0.05, 0) is 24.3 Å². The molecule has 1 N–H and O–H groups in total. The van der Waals surface area contributed by atoms with Gasteiger partial charge in [-0.25, -0.2) is 14.4 Å². The van der Waals surface area contributed by atoms with E-state index in [1.165, 1.54) is 38.4 Å². The number of hydrogen-bond donors (Lipinski definition) is 1. The van der Waals surface area contributed by atoms with E-state index in [4.69, 9.17) is 4.74 Å². The van der Waals surface area contributed by atoms with Gasteiger partial charge in [-0.2, -0.15) is 0 Å². The molecule has 0 aromatic heterocycles. The topological polar surface area (TPSA) is 110 Å². The van der Waals surface area contributed by atoms with Gasteiger partial charge in [0.1, 0.15) is 0 Å². The van der Waals surface area contributed by atoms with Crippen molar-refractivity contribution >= 4 is 23.8 Å². The molecule has 0 bridgehead atoms. The summed E-state index contributed by atoms with van der Waals surface area (Å²) in [5.41, 5.74) is 0.208. The largest absolute Gasteiger partial charge is 0.445 e. The normalized spacial score (nSPS) is 12.4. The van der Waals surface area contributed by atoms with Gasteiger partial charge in [0.15, 0.2) is 6.10 Å². The van der Waals surface area contributed by atoms with Crippen molar-refractivity contribution in [3.63, 3.8) is 0 Å². The molecule has 0 aliphatic heterocycles. The highest BCUT2D eigenvalue weighted by Crippen LogP contribution is 2.12. The van der Waals surface area contributed by atoms with E-state index in [-0.39, 0.29) is 11.1 Å². The van der Waals surface area contributed by atoms with Crippen LogP contribution < -0.4 is 0 Å². The minimum atomic E-state index is -2.18. The minimum absolute atomic E-state index is 0.0832. The van der Waals surface area contributed by atoms with E-state index in [1.54, 1.807) is 36.4 Å². The lowest BCUT2D eigenvalue weighted by Crippen LogP contribution is -2.48. The molecule has 0 fully saturated rings. The summed E-state index contributed by atoms with van der Waals surface area (Å²) in [5, 5.41) is 10.2. The molecule has 1 amide bonds. The summed E-state index contributed by atoms with van der Waals surface area (Å²) in [5.74, 6) is -4.17. The zero-order valence-corrected chi connectivity index (χ0v) is 15.3.